The van der Waals surface area contributed by atoms with E-state index in [9.17, 15) is 18.3 Å². The number of sulfonamides is 1. The fraction of sp³-hybridized carbons (Fsp3) is 0. The van der Waals surface area contributed by atoms with Gasteiger partial charge in [-0.25, -0.2) is 13.2 Å². The number of carboxylic acids is 1. The Hall–Kier alpha value is -3.12. The summed E-state index contributed by atoms with van der Waals surface area (Å²) < 4.78 is 26.9. The molecule has 0 saturated heterocycles. The number of anilines is 1. The maximum Gasteiger partial charge on any atom is 0.338 e. The SMILES string of the molecule is O=C(O)c1c(NS(=O)(=O)C=Cc2ccccc2)ccc2ccccc12. The van der Waals surface area contributed by atoms with Crippen molar-refractivity contribution in [1.82, 2.24) is 0 Å². The third-order valence-electron chi connectivity index (χ3n) is 3.63. The molecule has 0 radical (unpaired) electrons. The van der Waals surface area contributed by atoms with E-state index in [-0.39, 0.29) is 11.3 Å². The number of benzene rings is 3. The molecule has 0 heterocycles. The Morgan fingerprint density at radius 3 is 2.32 bits per heavy atom. The molecule has 0 atom stereocenters. The van der Waals surface area contributed by atoms with E-state index >= 15 is 0 Å². The van der Waals surface area contributed by atoms with Gasteiger partial charge >= 0.3 is 5.97 Å². The highest BCUT2D eigenvalue weighted by atomic mass is 32.2. The van der Waals surface area contributed by atoms with Gasteiger partial charge in [-0.15, -0.1) is 0 Å². The van der Waals surface area contributed by atoms with Crippen LogP contribution in [-0.2, 0) is 10.0 Å². The number of carboxylic acid groups (broad SMARTS) is 1. The summed E-state index contributed by atoms with van der Waals surface area (Å²) >= 11 is 0. The van der Waals surface area contributed by atoms with Gasteiger partial charge < -0.3 is 5.11 Å². The maximum atomic E-state index is 12.3. The standard InChI is InChI=1S/C19H15NO4S/c21-19(22)18-16-9-5-4-8-15(16)10-11-17(18)20-25(23,24)13-12-14-6-2-1-3-7-14/h1-13,20H,(H,21,22). The van der Waals surface area contributed by atoms with Crippen molar-refractivity contribution < 1.29 is 18.3 Å². The van der Waals surface area contributed by atoms with E-state index in [0.717, 1.165) is 16.4 Å². The van der Waals surface area contributed by atoms with Crippen LogP contribution in [0.2, 0.25) is 0 Å². The lowest BCUT2D eigenvalue weighted by molar-refractivity contribution is 0.0700. The number of aromatic carboxylic acids is 1. The number of fused-ring (bicyclic) bond motifs is 1. The zero-order valence-electron chi connectivity index (χ0n) is 13.1. The third-order valence-corrected chi connectivity index (χ3v) is 4.63. The lowest BCUT2D eigenvalue weighted by atomic mass is 10.0. The molecule has 0 fully saturated rings. The second-order valence-corrected chi connectivity index (χ2v) is 6.94. The molecule has 0 amide bonds. The van der Waals surface area contributed by atoms with Crippen LogP contribution < -0.4 is 4.72 Å². The van der Waals surface area contributed by atoms with E-state index in [2.05, 4.69) is 4.72 Å². The molecule has 126 valence electrons. The van der Waals surface area contributed by atoms with Crippen LogP contribution in [0.4, 0.5) is 5.69 Å². The lowest BCUT2D eigenvalue weighted by Gasteiger charge is -2.11. The number of nitrogens with one attached hydrogen (secondary N) is 1. The highest BCUT2D eigenvalue weighted by Crippen LogP contribution is 2.27. The van der Waals surface area contributed by atoms with Gasteiger partial charge in [0.1, 0.15) is 0 Å². The summed E-state index contributed by atoms with van der Waals surface area (Å²) in [5, 5.41) is 11.7. The summed E-state index contributed by atoms with van der Waals surface area (Å²) in [6.07, 6.45) is 1.45. The van der Waals surface area contributed by atoms with E-state index in [1.165, 1.54) is 12.1 Å². The number of hydrogen-bond acceptors (Lipinski definition) is 3. The molecule has 2 N–H and O–H groups in total. The molecule has 0 spiro atoms. The normalized spacial score (nSPS) is 11.7. The molecule has 0 aromatic heterocycles. The molecule has 3 aromatic rings. The van der Waals surface area contributed by atoms with Crippen molar-refractivity contribution in [3.63, 3.8) is 0 Å². The first-order valence-corrected chi connectivity index (χ1v) is 9.02. The molecule has 0 aliphatic carbocycles. The van der Waals surface area contributed by atoms with Gasteiger partial charge in [-0.3, -0.25) is 4.72 Å². The zero-order chi connectivity index (χ0) is 17.9. The summed E-state index contributed by atoms with van der Waals surface area (Å²) in [6, 6.07) is 19.0. The van der Waals surface area contributed by atoms with Crippen LogP contribution in [0.1, 0.15) is 15.9 Å². The van der Waals surface area contributed by atoms with E-state index in [1.54, 1.807) is 54.6 Å². The van der Waals surface area contributed by atoms with E-state index in [4.69, 9.17) is 0 Å². The molecule has 0 aliphatic rings. The van der Waals surface area contributed by atoms with E-state index in [1.807, 2.05) is 6.07 Å². The largest absolute Gasteiger partial charge is 0.478 e. The fourth-order valence-electron chi connectivity index (χ4n) is 2.51. The van der Waals surface area contributed by atoms with Gasteiger partial charge in [-0.05, 0) is 28.5 Å². The van der Waals surface area contributed by atoms with Gasteiger partial charge in [-0.1, -0.05) is 60.7 Å². The first-order chi connectivity index (χ1) is 12.0. The monoisotopic (exact) mass is 353 g/mol. The van der Waals surface area contributed by atoms with Crippen molar-refractivity contribution in [1.29, 1.82) is 0 Å². The van der Waals surface area contributed by atoms with E-state index < -0.39 is 16.0 Å². The smallest absolute Gasteiger partial charge is 0.338 e. The predicted molar refractivity (Wildman–Crippen MR) is 98.9 cm³/mol. The van der Waals surface area contributed by atoms with Crippen molar-refractivity contribution in [3.8, 4) is 0 Å². The van der Waals surface area contributed by atoms with Gasteiger partial charge in [0.25, 0.3) is 10.0 Å². The fourth-order valence-corrected chi connectivity index (χ4v) is 3.39. The Balaban J connectivity index is 1.98. The molecule has 25 heavy (non-hydrogen) atoms. The van der Waals surface area contributed by atoms with Crippen molar-refractivity contribution in [3.05, 3.63) is 83.3 Å². The topological polar surface area (TPSA) is 83.5 Å². The zero-order valence-corrected chi connectivity index (χ0v) is 13.9. The minimum absolute atomic E-state index is 0.0314. The van der Waals surface area contributed by atoms with Crippen molar-refractivity contribution in [2.24, 2.45) is 0 Å². The van der Waals surface area contributed by atoms with Gasteiger partial charge in [-0.2, -0.15) is 0 Å². The first-order valence-electron chi connectivity index (χ1n) is 7.47. The van der Waals surface area contributed by atoms with Crippen LogP contribution in [0.3, 0.4) is 0 Å². The molecule has 0 aliphatic heterocycles. The van der Waals surface area contributed by atoms with Crippen LogP contribution in [0.5, 0.6) is 0 Å². The Kier molecular flexibility index (Phi) is 4.54. The van der Waals surface area contributed by atoms with Crippen molar-refractivity contribution >= 4 is 38.5 Å². The molecular formula is C19H15NO4S. The van der Waals surface area contributed by atoms with Gasteiger partial charge in [0.2, 0.25) is 0 Å². The van der Waals surface area contributed by atoms with Crippen LogP contribution >= 0.6 is 0 Å². The number of rotatable bonds is 5. The average Bonchev–Trinajstić information content (AvgIpc) is 2.60. The molecule has 5 nitrogen and oxygen atoms in total. The predicted octanol–water partition coefficient (Wildman–Crippen LogP) is 3.95. The highest BCUT2D eigenvalue weighted by molar-refractivity contribution is 7.95. The van der Waals surface area contributed by atoms with Gasteiger partial charge in [0, 0.05) is 0 Å². The number of hydrogen-bond donors (Lipinski definition) is 2. The van der Waals surface area contributed by atoms with Gasteiger partial charge in [0.05, 0.1) is 16.7 Å². The minimum atomic E-state index is -3.85. The Morgan fingerprint density at radius 1 is 0.920 bits per heavy atom. The second-order valence-electron chi connectivity index (χ2n) is 5.37. The Morgan fingerprint density at radius 2 is 1.60 bits per heavy atom. The summed E-state index contributed by atoms with van der Waals surface area (Å²) in [4.78, 5) is 11.6. The molecule has 0 bridgehead atoms. The van der Waals surface area contributed by atoms with Crippen LogP contribution in [-0.4, -0.2) is 19.5 Å². The summed E-state index contributed by atoms with van der Waals surface area (Å²) in [7, 11) is -3.85. The van der Waals surface area contributed by atoms with Crippen molar-refractivity contribution in [2.75, 3.05) is 4.72 Å². The molecule has 0 unspecified atom stereocenters. The Labute approximate surface area is 145 Å². The highest BCUT2D eigenvalue weighted by Gasteiger charge is 2.17. The molecule has 0 saturated carbocycles. The molecule has 3 aromatic carbocycles. The second kappa shape index (κ2) is 6.78. The van der Waals surface area contributed by atoms with Crippen LogP contribution in [0, 0.1) is 0 Å². The Bertz CT molecular complexity index is 1060. The average molecular weight is 353 g/mol. The summed E-state index contributed by atoms with van der Waals surface area (Å²) in [6.45, 7) is 0. The third kappa shape index (κ3) is 3.87. The first kappa shape index (κ1) is 16.7. The summed E-state index contributed by atoms with van der Waals surface area (Å²) in [5.74, 6) is -1.19. The quantitative estimate of drug-likeness (QED) is 0.727. The summed E-state index contributed by atoms with van der Waals surface area (Å²) in [5.41, 5.74) is 0.684. The molecule has 6 heteroatoms. The molecule has 3 rings (SSSR count). The van der Waals surface area contributed by atoms with Crippen LogP contribution in [0.25, 0.3) is 16.8 Å². The number of carbonyl (C=O) groups is 1. The minimum Gasteiger partial charge on any atom is -0.478 e. The lowest BCUT2D eigenvalue weighted by Crippen LogP contribution is -2.13. The van der Waals surface area contributed by atoms with Crippen LogP contribution in [0.15, 0.2) is 72.1 Å². The van der Waals surface area contributed by atoms with E-state index in [0.29, 0.717) is 5.39 Å². The van der Waals surface area contributed by atoms with Gasteiger partial charge in [0.15, 0.2) is 0 Å². The van der Waals surface area contributed by atoms with Crippen molar-refractivity contribution in [2.45, 2.75) is 0 Å². The molecular weight excluding hydrogens is 338 g/mol. The maximum absolute atomic E-state index is 12.3.